The number of carbonyl (C=O) groups excluding carboxylic acids is 1. The molecule has 0 saturated heterocycles. The Hall–Kier alpha value is -2.66. The zero-order chi connectivity index (χ0) is 23.0. The number of fused-ring (bicyclic) bond motifs is 1. The Bertz CT molecular complexity index is 1110. The molecule has 31 heavy (non-hydrogen) atoms. The van der Waals surface area contributed by atoms with Crippen molar-refractivity contribution in [2.45, 2.75) is 25.2 Å². The first kappa shape index (κ1) is 23.0. The molecule has 2 atom stereocenters. The molecular weight excluding hydrogens is 461 g/mol. The zero-order valence-corrected chi connectivity index (χ0v) is 17.9. The summed E-state index contributed by atoms with van der Waals surface area (Å²) in [5, 5.41) is 2.85. The lowest BCUT2D eigenvalue weighted by Crippen LogP contribution is -2.44. The van der Waals surface area contributed by atoms with E-state index >= 15 is 0 Å². The highest BCUT2D eigenvalue weighted by Crippen LogP contribution is 2.38. The number of ether oxygens (including phenoxy) is 2. The molecule has 0 spiro atoms. The molecule has 0 aliphatic carbocycles. The molecular formula is C19H18ClF3N2O5S. The fourth-order valence-electron chi connectivity index (χ4n) is 2.85. The van der Waals surface area contributed by atoms with Crippen LogP contribution in [0.2, 0.25) is 5.02 Å². The van der Waals surface area contributed by atoms with Gasteiger partial charge in [-0.25, -0.2) is 8.42 Å². The molecule has 1 heterocycles. The molecule has 0 unspecified atom stereocenters. The van der Waals surface area contributed by atoms with Crippen LogP contribution in [0.3, 0.4) is 0 Å². The van der Waals surface area contributed by atoms with E-state index in [2.05, 4.69) is 10.0 Å². The number of alkyl halides is 3. The Morgan fingerprint density at radius 3 is 2.52 bits per heavy atom. The topological polar surface area (TPSA) is 93.7 Å². The molecule has 1 aliphatic rings. The minimum atomic E-state index is -4.52. The number of hydrogen-bond donors (Lipinski definition) is 2. The summed E-state index contributed by atoms with van der Waals surface area (Å²) in [6, 6.07) is 6.82. The molecule has 12 heteroatoms. The van der Waals surface area contributed by atoms with Gasteiger partial charge in [0.25, 0.3) is 5.91 Å². The standard InChI is InChI=1S/C19H18ClF3N2O5S/c1-10(11-3-5-14(13(20)7-11)25-31(2,27)28)24-18(26)17-9-29-16-8-12(19(21,22)23)4-6-15(16)30-17/h3-8,10,17,25H,9H2,1-2H3,(H,24,26)/t10-,17-/m1/s1. The first-order chi connectivity index (χ1) is 14.3. The summed E-state index contributed by atoms with van der Waals surface area (Å²) < 4.78 is 74.1. The number of carbonyl (C=O) groups is 1. The van der Waals surface area contributed by atoms with Gasteiger partial charge in [0.05, 0.1) is 28.6 Å². The maximum atomic E-state index is 12.8. The Balaban J connectivity index is 1.66. The van der Waals surface area contributed by atoms with Gasteiger partial charge in [-0.15, -0.1) is 0 Å². The summed E-state index contributed by atoms with van der Waals surface area (Å²) in [5.74, 6) is -0.591. The van der Waals surface area contributed by atoms with Crippen molar-refractivity contribution in [2.75, 3.05) is 17.6 Å². The number of benzene rings is 2. The lowest BCUT2D eigenvalue weighted by Gasteiger charge is -2.27. The predicted octanol–water partition coefficient (Wildman–Crippen LogP) is 3.75. The van der Waals surface area contributed by atoms with Gasteiger partial charge in [-0.3, -0.25) is 9.52 Å². The van der Waals surface area contributed by atoms with Gasteiger partial charge < -0.3 is 14.8 Å². The normalized spacial score (nSPS) is 17.0. The van der Waals surface area contributed by atoms with Crippen LogP contribution in [0.1, 0.15) is 24.1 Å². The van der Waals surface area contributed by atoms with Gasteiger partial charge in [0.1, 0.15) is 6.61 Å². The van der Waals surface area contributed by atoms with E-state index in [0.29, 0.717) is 5.56 Å². The Morgan fingerprint density at radius 1 is 1.19 bits per heavy atom. The Morgan fingerprint density at radius 2 is 1.90 bits per heavy atom. The van der Waals surface area contributed by atoms with Crippen molar-refractivity contribution < 1.29 is 35.9 Å². The van der Waals surface area contributed by atoms with E-state index in [1.165, 1.54) is 12.1 Å². The molecule has 1 aliphatic heterocycles. The second-order valence-corrected chi connectivity index (χ2v) is 9.08. The molecule has 0 fully saturated rings. The number of hydrogen-bond acceptors (Lipinski definition) is 5. The third-order valence-electron chi connectivity index (χ3n) is 4.37. The summed E-state index contributed by atoms with van der Waals surface area (Å²) in [7, 11) is -3.50. The van der Waals surface area contributed by atoms with Crippen molar-refractivity contribution in [1.29, 1.82) is 0 Å². The van der Waals surface area contributed by atoms with Crippen LogP contribution in [0.4, 0.5) is 18.9 Å². The number of rotatable bonds is 5. The summed E-state index contributed by atoms with van der Waals surface area (Å²) >= 11 is 6.10. The van der Waals surface area contributed by atoms with Crippen LogP contribution >= 0.6 is 11.6 Å². The molecule has 2 N–H and O–H groups in total. The van der Waals surface area contributed by atoms with Gasteiger partial charge in [-0.2, -0.15) is 13.2 Å². The van der Waals surface area contributed by atoms with Crippen LogP contribution in [0, 0.1) is 0 Å². The fraction of sp³-hybridized carbons (Fsp3) is 0.316. The number of amides is 1. The highest BCUT2D eigenvalue weighted by molar-refractivity contribution is 7.92. The van der Waals surface area contributed by atoms with Gasteiger partial charge in [0, 0.05) is 0 Å². The van der Waals surface area contributed by atoms with E-state index in [-0.39, 0.29) is 28.8 Å². The van der Waals surface area contributed by atoms with Gasteiger partial charge >= 0.3 is 6.18 Å². The van der Waals surface area contributed by atoms with Crippen molar-refractivity contribution in [3.63, 3.8) is 0 Å². The summed E-state index contributed by atoms with van der Waals surface area (Å²) in [4.78, 5) is 12.5. The molecule has 0 radical (unpaired) electrons. The minimum Gasteiger partial charge on any atom is -0.485 e. The number of sulfonamides is 1. The SMILES string of the molecule is C[C@@H](NC(=O)[C@H]1COc2cc(C(F)(F)F)ccc2O1)c1ccc(NS(C)(=O)=O)c(Cl)c1. The third-order valence-corrected chi connectivity index (χ3v) is 5.27. The average molecular weight is 479 g/mol. The van der Waals surface area contributed by atoms with Crippen LogP contribution in [0.5, 0.6) is 11.5 Å². The summed E-state index contributed by atoms with van der Waals surface area (Å²) in [5.41, 5.74) is -0.0771. The molecule has 0 bridgehead atoms. The maximum absolute atomic E-state index is 12.8. The molecule has 168 valence electrons. The largest absolute Gasteiger partial charge is 0.485 e. The molecule has 0 saturated carbocycles. The molecule has 2 aromatic carbocycles. The lowest BCUT2D eigenvalue weighted by molar-refractivity contribution is -0.138. The van der Waals surface area contributed by atoms with Gasteiger partial charge in [0.15, 0.2) is 11.5 Å². The highest BCUT2D eigenvalue weighted by Gasteiger charge is 2.34. The van der Waals surface area contributed by atoms with Crippen molar-refractivity contribution in [2.24, 2.45) is 0 Å². The molecule has 7 nitrogen and oxygen atoms in total. The van der Waals surface area contributed by atoms with Crippen molar-refractivity contribution >= 4 is 33.2 Å². The van der Waals surface area contributed by atoms with Gasteiger partial charge in [0.2, 0.25) is 16.1 Å². The van der Waals surface area contributed by atoms with Gasteiger partial charge in [-0.05, 0) is 42.8 Å². The van der Waals surface area contributed by atoms with Crippen LogP contribution < -0.4 is 19.5 Å². The van der Waals surface area contributed by atoms with E-state index in [4.69, 9.17) is 21.1 Å². The third kappa shape index (κ3) is 5.73. The smallest absolute Gasteiger partial charge is 0.416 e. The summed E-state index contributed by atoms with van der Waals surface area (Å²) in [6.07, 6.45) is -4.59. The zero-order valence-electron chi connectivity index (χ0n) is 16.3. The Labute approximate surface area is 181 Å². The van der Waals surface area contributed by atoms with Crippen molar-refractivity contribution in [3.8, 4) is 11.5 Å². The molecule has 2 aromatic rings. The first-order valence-corrected chi connectivity index (χ1v) is 11.2. The molecule has 0 aromatic heterocycles. The number of anilines is 1. The summed E-state index contributed by atoms with van der Waals surface area (Å²) in [6.45, 7) is 1.42. The van der Waals surface area contributed by atoms with E-state index in [1.54, 1.807) is 13.0 Å². The second kappa shape index (κ2) is 8.46. The molecule has 3 rings (SSSR count). The lowest BCUT2D eigenvalue weighted by atomic mass is 10.1. The number of nitrogens with one attached hydrogen (secondary N) is 2. The predicted molar refractivity (Wildman–Crippen MR) is 108 cm³/mol. The first-order valence-electron chi connectivity index (χ1n) is 8.92. The fourth-order valence-corrected chi connectivity index (χ4v) is 3.72. The highest BCUT2D eigenvalue weighted by atomic mass is 35.5. The molecule has 1 amide bonds. The van der Waals surface area contributed by atoms with E-state index < -0.39 is 39.8 Å². The van der Waals surface area contributed by atoms with Crippen LogP contribution in [-0.4, -0.2) is 33.3 Å². The van der Waals surface area contributed by atoms with Crippen LogP contribution in [0.15, 0.2) is 36.4 Å². The number of halogens is 4. The van der Waals surface area contributed by atoms with E-state index in [1.807, 2.05) is 0 Å². The monoisotopic (exact) mass is 478 g/mol. The van der Waals surface area contributed by atoms with Gasteiger partial charge in [-0.1, -0.05) is 17.7 Å². The minimum absolute atomic E-state index is 0.0336. The van der Waals surface area contributed by atoms with Crippen molar-refractivity contribution in [1.82, 2.24) is 5.32 Å². The average Bonchev–Trinajstić information content (AvgIpc) is 2.66. The van der Waals surface area contributed by atoms with Crippen LogP contribution in [0.25, 0.3) is 0 Å². The Kier molecular flexibility index (Phi) is 6.28. The van der Waals surface area contributed by atoms with E-state index in [0.717, 1.165) is 24.5 Å². The van der Waals surface area contributed by atoms with Crippen molar-refractivity contribution in [3.05, 3.63) is 52.5 Å². The quantitative estimate of drug-likeness (QED) is 0.682. The van der Waals surface area contributed by atoms with Crippen LogP contribution in [-0.2, 0) is 21.0 Å². The van der Waals surface area contributed by atoms with E-state index in [9.17, 15) is 26.4 Å². The maximum Gasteiger partial charge on any atom is 0.416 e. The second-order valence-electron chi connectivity index (χ2n) is 6.92.